The lowest BCUT2D eigenvalue weighted by atomic mass is 9.80. The minimum atomic E-state index is -0.0306. The van der Waals surface area contributed by atoms with Crippen LogP contribution < -0.4 is 10.6 Å². The predicted octanol–water partition coefficient (Wildman–Crippen LogP) is 1.64. The Balaban J connectivity index is 1.66. The second-order valence-electron chi connectivity index (χ2n) is 5.47. The molecule has 0 aromatic heterocycles. The van der Waals surface area contributed by atoms with Gasteiger partial charge in [0.15, 0.2) is 0 Å². The lowest BCUT2D eigenvalue weighted by Crippen LogP contribution is -2.47. The summed E-state index contributed by atoms with van der Waals surface area (Å²) >= 11 is 0. The average molecular weight is 240 g/mol. The van der Waals surface area contributed by atoms with Gasteiger partial charge in [-0.2, -0.15) is 0 Å². The fourth-order valence-electron chi connectivity index (χ4n) is 2.81. The summed E-state index contributed by atoms with van der Waals surface area (Å²) < 4.78 is 0. The maximum absolute atomic E-state index is 11.6. The van der Waals surface area contributed by atoms with Crippen molar-refractivity contribution in [2.75, 3.05) is 13.2 Å². The van der Waals surface area contributed by atoms with Crippen LogP contribution in [0, 0.1) is 11.8 Å². The van der Waals surface area contributed by atoms with Crippen LogP contribution in [0.15, 0.2) is 0 Å². The highest BCUT2D eigenvalue weighted by molar-refractivity contribution is 5.74. The van der Waals surface area contributed by atoms with Crippen molar-refractivity contribution in [1.29, 1.82) is 0 Å². The summed E-state index contributed by atoms with van der Waals surface area (Å²) in [4.78, 5) is 11.6. The third-order valence-electron chi connectivity index (χ3n) is 4.27. The van der Waals surface area contributed by atoms with Gasteiger partial charge in [0.05, 0.1) is 0 Å². The van der Waals surface area contributed by atoms with Crippen LogP contribution in [0.2, 0.25) is 0 Å². The summed E-state index contributed by atoms with van der Waals surface area (Å²) in [6, 6.07) is 0.368. The van der Waals surface area contributed by atoms with E-state index in [4.69, 9.17) is 0 Å². The zero-order valence-electron chi connectivity index (χ0n) is 10.5. The van der Waals surface area contributed by atoms with Crippen LogP contribution >= 0.6 is 0 Å². The molecule has 98 valence electrons. The van der Waals surface area contributed by atoms with Crippen LogP contribution in [0.3, 0.4) is 0 Å². The zero-order valence-corrected chi connectivity index (χ0v) is 10.5. The standard InChI is InChI=1S/C13H24N2O2/c16-9-11-5-2-1-4-10(11)8-14-13(17)15-12-6-3-7-12/h10-12,16H,1-9H2,(H2,14,15,17). The number of hydrogen-bond donors (Lipinski definition) is 3. The van der Waals surface area contributed by atoms with Crippen molar-refractivity contribution in [1.82, 2.24) is 10.6 Å². The highest BCUT2D eigenvalue weighted by Crippen LogP contribution is 2.29. The number of carbonyl (C=O) groups excluding carboxylic acids is 1. The molecule has 0 aliphatic heterocycles. The molecule has 4 nitrogen and oxygen atoms in total. The van der Waals surface area contributed by atoms with Gasteiger partial charge < -0.3 is 15.7 Å². The Hall–Kier alpha value is -0.770. The van der Waals surface area contributed by atoms with Gasteiger partial charge in [-0.15, -0.1) is 0 Å². The normalized spacial score (nSPS) is 29.5. The largest absolute Gasteiger partial charge is 0.396 e. The smallest absolute Gasteiger partial charge is 0.315 e. The van der Waals surface area contributed by atoms with Gasteiger partial charge in [-0.3, -0.25) is 0 Å². The van der Waals surface area contributed by atoms with E-state index >= 15 is 0 Å². The molecule has 0 aromatic carbocycles. The number of urea groups is 1. The van der Waals surface area contributed by atoms with Gasteiger partial charge in [-0.25, -0.2) is 4.79 Å². The van der Waals surface area contributed by atoms with Gasteiger partial charge in [0.1, 0.15) is 0 Å². The van der Waals surface area contributed by atoms with E-state index in [1.165, 1.54) is 19.3 Å². The van der Waals surface area contributed by atoms with Crippen LogP contribution in [0.25, 0.3) is 0 Å². The molecule has 17 heavy (non-hydrogen) atoms. The molecule has 0 spiro atoms. The summed E-state index contributed by atoms with van der Waals surface area (Å²) in [5.74, 6) is 0.841. The molecule has 4 heteroatoms. The SMILES string of the molecule is O=C(NCC1CCCCC1CO)NC1CCC1. The molecule has 2 unspecified atom stereocenters. The maximum atomic E-state index is 11.6. The highest BCUT2D eigenvalue weighted by Gasteiger charge is 2.25. The molecular formula is C13H24N2O2. The highest BCUT2D eigenvalue weighted by atomic mass is 16.3. The van der Waals surface area contributed by atoms with E-state index in [1.807, 2.05) is 0 Å². The Morgan fingerprint density at radius 1 is 1.06 bits per heavy atom. The minimum absolute atomic E-state index is 0.0306. The van der Waals surface area contributed by atoms with E-state index < -0.39 is 0 Å². The number of amides is 2. The van der Waals surface area contributed by atoms with Crippen molar-refractivity contribution in [2.24, 2.45) is 11.8 Å². The first-order valence-corrected chi connectivity index (χ1v) is 6.95. The second kappa shape index (κ2) is 6.24. The molecule has 3 N–H and O–H groups in total. The molecule has 2 amide bonds. The van der Waals surface area contributed by atoms with Gasteiger partial charge in [-0.05, 0) is 43.9 Å². The monoisotopic (exact) mass is 240 g/mol. The molecule has 2 aliphatic carbocycles. The van der Waals surface area contributed by atoms with Crippen LogP contribution in [0.5, 0.6) is 0 Å². The van der Waals surface area contributed by atoms with Gasteiger partial charge in [-0.1, -0.05) is 12.8 Å². The third kappa shape index (κ3) is 3.60. The van der Waals surface area contributed by atoms with Gasteiger partial charge >= 0.3 is 6.03 Å². The maximum Gasteiger partial charge on any atom is 0.315 e. The Bertz CT molecular complexity index is 254. The quantitative estimate of drug-likeness (QED) is 0.699. The topological polar surface area (TPSA) is 61.4 Å². The summed E-state index contributed by atoms with van der Waals surface area (Å²) in [6.07, 6.45) is 8.16. The lowest BCUT2D eigenvalue weighted by molar-refractivity contribution is 0.133. The average Bonchev–Trinajstić information content (AvgIpc) is 2.31. The Morgan fingerprint density at radius 2 is 1.76 bits per heavy atom. The Labute approximate surface area is 103 Å². The summed E-state index contributed by atoms with van der Waals surface area (Å²) in [6.45, 7) is 0.973. The summed E-state index contributed by atoms with van der Waals surface area (Å²) in [5, 5.41) is 15.2. The van der Waals surface area contributed by atoms with Crippen molar-refractivity contribution >= 4 is 6.03 Å². The lowest BCUT2D eigenvalue weighted by Gasteiger charge is -2.31. The Morgan fingerprint density at radius 3 is 2.35 bits per heavy atom. The fraction of sp³-hybridized carbons (Fsp3) is 0.923. The van der Waals surface area contributed by atoms with E-state index in [2.05, 4.69) is 10.6 Å². The van der Waals surface area contributed by atoms with Crippen molar-refractivity contribution in [3.8, 4) is 0 Å². The Kier molecular flexibility index (Phi) is 4.66. The van der Waals surface area contributed by atoms with Crippen molar-refractivity contribution in [3.05, 3.63) is 0 Å². The predicted molar refractivity (Wildman–Crippen MR) is 66.7 cm³/mol. The van der Waals surface area contributed by atoms with Crippen LogP contribution in [0.1, 0.15) is 44.9 Å². The minimum Gasteiger partial charge on any atom is -0.396 e. The number of rotatable bonds is 4. The van der Waals surface area contributed by atoms with Gasteiger partial charge in [0, 0.05) is 19.2 Å². The number of aliphatic hydroxyl groups excluding tert-OH is 1. The summed E-state index contributed by atoms with van der Waals surface area (Å²) in [5.41, 5.74) is 0. The first-order valence-electron chi connectivity index (χ1n) is 6.95. The van der Waals surface area contributed by atoms with E-state index in [9.17, 15) is 9.90 Å². The van der Waals surface area contributed by atoms with Crippen LogP contribution in [0.4, 0.5) is 4.79 Å². The molecule has 0 saturated heterocycles. The van der Waals surface area contributed by atoms with Gasteiger partial charge in [0.25, 0.3) is 0 Å². The molecule has 2 fully saturated rings. The molecule has 2 aliphatic rings. The second-order valence-corrected chi connectivity index (χ2v) is 5.47. The van der Waals surface area contributed by atoms with Crippen molar-refractivity contribution in [2.45, 2.75) is 51.0 Å². The molecule has 2 atom stereocenters. The fourth-order valence-corrected chi connectivity index (χ4v) is 2.81. The zero-order chi connectivity index (χ0) is 12.1. The van der Waals surface area contributed by atoms with Crippen molar-refractivity contribution in [3.63, 3.8) is 0 Å². The molecule has 0 radical (unpaired) electrons. The van der Waals surface area contributed by atoms with E-state index in [0.717, 1.165) is 25.7 Å². The molecule has 0 bridgehead atoms. The number of carbonyl (C=O) groups is 1. The molecule has 0 aromatic rings. The summed E-state index contributed by atoms with van der Waals surface area (Å²) in [7, 11) is 0. The van der Waals surface area contributed by atoms with Crippen molar-refractivity contribution < 1.29 is 9.90 Å². The number of hydrogen-bond acceptors (Lipinski definition) is 2. The molecule has 2 saturated carbocycles. The first-order chi connectivity index (χ1) is 8.29. The van der Waals surface area contributed by atoms with E-state index in [0.29, 0.717) is 24.4 Å². The van der Waals surface area contributed by atoms with Crippen LogP contribution in [-0.4, -0.2) is 30.3 Å². The third-order valence-corrected chi connectivity index (χ3v) is 4.27. The van der Waals surface area contributed by atoms with Gasteiger partial charge in [0.2, 0.25) is 0 Å². The first kappa shape index (κ1) is 12.7. The number of aliphatic hydroxyl groups is 1. The molecule has 2 rings (SSSR count). The molecular weight excluding hydrogens is 216 g/mol. The number of nitrogens with one attached hydrogen (secondary N) is 2. The van der Waals surface area contributed by atoms with E-state index in [1.54, 1.807) is 0 Å². The van der Waals surface area contributed by atoms with E-state index in [-0.39, 0.29) is 12.6 Å². The van der Waals surface area contributed by atoms with Crippen LogP contribution in [-0.2, 0) is 0 Å². The molecule has 0 heterocycles.